The normalized spacial score (nSPS) is 14.3. The Bertz CT molecular complexity index is 264. The van der Waals surface area contributed by atoms with Crippen LogP contribution < -0.4 is 5.32 Å². The van der Waals surface area contributed by atoms with E-state index in [4.69, 9.17) is 9.29 Å². The zero-order valence-electron chi connectivity index (χ0n) is 10.3. The summed E-state index contributed by atoms with van der Waals surface area (Å²) < 4.78 is 34.6. The standard InChI is InChI=1S/C10H23NO4S/c1-9(2)7-10(8-15-3)11-5-4-6-16(12,13)14/h9-11H,4-8H2,1-3H3,(H,12,13,14). The van der Waals surface area contributed by atoms with E-state index in [1.807, 2.05) is 0 Å². The highest BCUT2D eigenvalue weighted by Gasteiger charge is 2.10. The van der Waals surface area contributed by atoms with Gasteiger partial charge in [-0.15, -0.1) is 0 Å². The summed E-state index contributed by atoms with van der Waals surface area (Å²) in [5.74, 6) is 0.371. The summed E-state index contributed by atoms with van der Waals surface area (Å²) in [6.45, 7) is 5.44. The molecule has 1 unspecified atom stereocenters. The van der Waals surface area contributed by atoms with Crippen LogP contribution >= 0.6 is 0 Å². The Morgan fingerprint density at radius 1 is 1.38 bits per heavy atom. The number of rotatable bonds is 9. The van der Waals surface area contributed by atoms with E-state index >= 15 is 0 Å². The first-order valence-corrected chi connectivity index (χ1v) is 7.13. The topological polar surface area (TPSA) is 75.6 Å². The fourth-order valence-electron chi connectivity index (χ4n) is 1.54. The van der Waals surface area contributed by atoms with E-state index in [9.17, 15) is 8.42 Å². The third kappa shape index (κ3) is 10.4. The van der Waals surface area contributed by atoms with Crippen molar-refractivity contribution in [2.24, 2.45) is 5.92 Å². The molecule has 0 saturated heterocycles. The van der Waals surface area contributed by atoms with Gasteiger partial charge in [-0.25, -0.2) is 0 Å². The second-order valence-electron chi connectivity index (χ2n) is 4.38. The maximum absolute atomic E-state index is 10.5. The monoisotopic (exact) mass is 253 g/mol. The molecule has 0 aromatic heterocycles. The Kier molecular flexibility index (Phi) is 7.91. The first kappa shape index (κ1) is 15.8. The summed E-state index contributed by atoms with van der Waals surface area (Å²) in [6.07, 6.45) is 1.40. The lowest BCUT2D eigenvalue weighted by molar-refractivity contribution is 0.156. The van der Waals surface area contributed by atoms with Crippen molar-refractivity contribution in [3.63, 3.8) is 0 Å². The van der Waals surface area contributed by atoms with Gasteiger partial charge < -0.3 is 10.1 Å². The molecule has 0 heterocycles. The minimum absolute atomic E-state index is 0.193. The van der Waals surface area contributed by atoms with E-state index < -0.39 is 10.1 Å². The zero-order chi connectivity index (χ0) is 12.6. The average Bonchev–Trinajstić information content (AvgIpc) is 2.10. The lowest BCUT2D eigenvalue weighted by Gasteiger charge is -2.19. The predicted octanol–water partition coefficient (Wildman–Crippen LogP) is 0.915. The van der Waals surface area contributed by atoms with Gasteiger partial charge in [-0.05, 0) is 25.3 Å². The van der Waals surface area contributed by atoms with E-state index in [-0.39, 0.29) is 11.8 Å². The SMILES string of the molecule is COCC(CC(C)C)NCCCS(=O)(=O)O. The van der Waals surface area contributed by atoms with Gasteiger partial charge in [0, 0.05) is 13.2 Å². The van der Waals surface area contributed by atoms with Crippen LogP contribution in [0.5, 0.6) is 0 Å². The largest absolute Gasteiger partial charge is 0.383 e. The molecule has 0 aliphatic heterocycles. The molecule has 6 heteroatoms. The fraction of sp³-hybridized carbons (Fsp3) is 1.00. The summed E-state index contributed by atoms with van der Waals surface area (Å²) in [5.41, 5.74) is 0. The fourth-order valence-corrected chi connectivity index (χ4v) is 2.05. The smallest absolute Gasteiger partial charge is 0.264 e. The van der Waals surface area contributed by atoms with E-state index in [2.05, 4.69) is 19.2 Å². The van der Waals surface area contributed by atoms with E-state index in [1.165, 1.54) is 0 Å². The number of hydrogen-bond acceptors (Lipinski definition) is 4. The molecule has 0 rings (SSSR count). The highest BCUT2D eigenvalue weighted by molar-refractivity contribution is 7.85. The molecule has 1 atom stereocenters. The molecule has 0 radical (unpaired) electrons. The Morgan fingerprint density at radius 2 is 2.00 bits per heavy atom. The van der Waals surface area contributed by atoms with Gasteiger partial charge >= 0.3 is 0 Å². The molecule has 0 aliphatic rings. The Balaban J connectivity index is 3.75. The average molecular weight is 253 g/mol. The van der Waals surface area contributed by atoms with Crippen LogP contribution in [0, 0.1) is 5.92 Å². The molecular weight excluding hydrogens is 230 g/mol. The van der Waals surface area contributed by atoms with Crippen molar-refractivity contribution < 1.29 is 17.7 Å². The molecule has 0 spiro atoms. The van der Waals surface area contributed by atoms with Gasteiger partial charge in [0.1, 0.15) is 0 Å². The summed E-state index contributed by atoms with van der Waals surface area (Å²) in [5, 5.41) is 3.22. The van der Waals surface area contributed by atoms with Crippen LogP contribution in [-0.2, 0) is 14.9 Å². The van der Waals surface area contributed by atoms with E-state index in [0.29, 0.717) is 25.5 Å². The molecule has 16 heavy (non-hydrogen) atoms. The molecule has 2 N–H and O–H groups in total. The second kappa shape index (κ2) is 8.00. The van der Waals surface area contributed by atoms with Crippen LogP contribution in [-0.4, -0.2) is 45.0 Å². The van der Waals surface area contributed by atoms with Crippen LogP contribution in [0.1, 0.15) is 26.7 Å². The van der Waals surface area contributed by atoms with Crippen molar-refractivity contribution in [2.75, 3.05) is 26.0 Å². The number of nitrogens with one attached hydrogen (secondary N) is 1. The Hall–Kier alpha value is -0.170. The van der Waals surface area contributed by atoms with Gasteiger partial charge in [0.2, 0.25) is 0 Å². The lowest BCUT2D eigenvalue weighted by Crippen LogP contribution is -2.35. The molecule has 5 nitrogen and oxygen atoms in total. The minimum Gasteiger partial charge on any atom is -0.383 e. The van der Waals surface area contributed by atoms with Gasteiger partial charge in [-0.3, -0.25) is 4.55 Å². The quantitative estimate of drug-likeness (QED) is 0.472. The summed E-state index contributed by atoms with van der Waals surface area (Å²) in [4.78, 5) is 0. The Morgan fingerprint density at radius 3 is 2.44 bits per heavy atom. The molecular formula is C10H23NO4S. The Labute approximate surface area is 98.3 Å². The van der Waals surface area contributed by atoms with Crippen LogP contribution in [0.3, 0.4) is 0 Å². The number of ether oxygens (including phenoxy) is 1. The van der Waals surface area contributed by atoms with Crippen molar-refractivity contribution in [2.45, 2.75) is 32.7 Å². The van der Waals surface area contributed by atoms with E-state index in [1.54, 1.807) is 7.11 Å². The summed E-state index contributed by atoms with van der Waals surface area (Å²) in [6, 6.07) is 0.242. The summed E-state index contributed by atoms with van der Waals surface area (Å²) in [7, 11) is -2.18. The van der Waals surface area contributed by atoms with Gasteiger partial charge in [-0.1, -0.05) is 13.8 Å². The van der Waals surface area contributed by atoms with Crippen LogP contribution in [0.2, 0.25) is 0 Å². The number of methoxy groups -OCH3 is 1. The highest BCUT2D eigenvalue weighted by atomic mass is 32.2. The van der Waals surface area contributed by atoms with Crippen molar-refractivity contribution in [3.8, 4) is 0 Å². The lowest BCUT2D eigenvalue weighted by atomic mass is 10.0. The van der Waals surface area contributed by atoms with Crippen molar-refractivity contribution in [1.82, 2.24) is 5.32 Å². The molecule has 0 aliphatic carbocycles. The maximum atomic E-state index is 10.5. The van der Waals surface area contributed by atoms with E-state index in [0.717, 1.165) is 6.42 Å². The molecule has 0 saturated carbocycles. The highest BCUT2D eigenvalue weighted by Crippen LogP contribution is 2.05. The molecule has 0 fully saturated rings. The molecule has 0 aromatic carbocycles. The van der Waals surface area contributed by atoms with Crippen LogP contribution in [0.4, 0.5) is 0 Å². The predicted molar refractivity (Wildman–Crippen MR) is 64.2 cm³/mol. The minimum atomic E-state index is -3.83. The van der Waals surface area contributed by atoms with Gasteiger partial charge in [-0.2, -0.15) is 8.42 Å². The molecule has 0 amide bonds. The molecule has 98 valence electrons. The second-order valence-corrected chi connectivity index (χ2v) is 5.95. The third-order valence-corrected chi connectivity index (χ3v) is 2.94. The summed E-state index contributed by atoms with van der Waals surface area (Å²) >= 11 is 0. The van der Waals surface area contributed by atoms with Gasteiger partial charge in [0.25, 0.3) is 10.1 Å². The first-order chi connectivity index (χ1) is 7.35. The zero-order valence-corrected chi connectivity index (χ0v) is 11.1. The maximum Gasteiger partial charge on any atom is 0.264 e. The van der Waals surface area contributed by atoms with Crippen molar-refractivity contribution in [1.29, 1.82) is 0 Å². The molecule has 0 aromatic rings. The van der Waals surface area contributed by atoms with Crippen LogP contribution in [0.15, 0.2) is 0 Å². The van der Waals surface area contributed by atoms with Crippen molar-refractivity contribution >= 4 is 10.1 Å². The van der Waals surface area contributed by atoms with Crippen molar-refractivity contribution in [3.05, 3.63) is 0 Å². The number of hydrogen-bond donors (Lipinski definition) is 2. The first-order valence-electron chi connectivity index (χ1n) is 5.52. The molecule has 0 bridgehead atoms. The van der Waals surface area contributed by atoms with Crippen LogP contribution in [0.25, 0.3) is 0 Å². The van der Waals surface area contributed by atoms with Gasteiger partial charge in [0.15, 0.2) is 0 Å². The third-order valence-electron chi connectivity index (χ3n) is 2.14. The van der Waals surface area contributed by atoms with Gasteiger partial charge in [0.05, 0.1) is 12.4 Å².